The fourth-order valence-electron chi connectivity index (χ4n) is 2.35. The summed E-state index contributed by atoms with van der Waals surface area (Å²) in [6.07, 6.45) is 0. The second-order valence-electron chi connectivity index (χ2n) is 5.50. The monoisotopic (exact) mass is 419 g/mol. The van der Waals surface area contributed by atoms with Crippen molar-refractivity contribution < 1.29 is 28.5 Å². The molecule has 10 heteroatoms. The molecule has 2 aromatic rings. The zero-order chi connectivity index (χ0) is 21.4. The SMILES string of the molecule is COc1ccc(C(=O)NNC(=S)NC(=O)c2cc(OC)c(OC)c(OC)c2)cc1. The smallest absolute Gasteiger partial charge is 0.269 e. The predicted octanol–water partition coefficient (Wildman–Crippen LogP) is 1.67. The van der Waals surface area contributed by atoms with Gasteiger partial charge in [-0.05, 0) is 48.6 Å². The molecule has 0 heterocycles. The van der Waals surface area contributed by atoms with Crippen molar-refractivity contribution in [2.45, 2.75) is 0 Å². The number of benzene rings is 2. The molecule has 0 saturated heterocycles. The molecule has 0 bridgehead atoms. The number of ether oxygens (including phenoxy) is 4. The largest absolute Gasteiger partial charge is 0.497 e. The van der Waals surface area contributed by atoms with Crippen LogP contribution in [0.3, 0.4) is 0 Å². The fraction of sp³-hybridized carbons (Fsp3) is 0.211. The lowest BCUT2D eigenvalue weighted by Gasteiger charge is -2.15. The molecule has 0 unspecified atom stereocenters. The van der Waals surface area contributed by atoms with E-state index in [2.05, 4.69) is 16.2 Å². The summed E-state index contributed by atoms with van der Waals surface area (Å²) in [5.74, 6) is 0.673. The maximum atomic E-state index is 12.5. The van der Waals surface area contributed by atoms with Crippen molar-refractivity contribution in [1.29, 1.82) is 0 Å². The molecule has 0 aliphatic carbocycles. The highest BCUT2D eigenvalue weighted by Gasteiger charge is 2.18. The third-order valence-corrected chi connectivity index (χ3v) is 4.00. The summed E-state index contributed by atoms with van der Waals surface area (Å²) in [7, 11) is 5.89. The minimum Gasteiger partial charge on any atom is -0.497 e. The topological polar surface area (TPSA) is 107 Å². The normalized spacial score (nSPS) is 9.79. The molecule has 0 saturated carbocycles. The van der Waals surface area contributed by atoms with Gasteiger partial charge in [0.25, 0.3) is 11.8 Å². The summed E-state index contributed by atoms with van der Waals surface area (Å²) in [5.41, 5.74) is 5.49. The number of methoxy groups -OCH3 is 4. The molecule has 0 radical (unpaired) electrons. The fourth-order valence-corrected chi connectivity index (χ4v) is 2.49. The number of carbonyl (C=O) groups excluding carboxylic acids is 2. The van der Waals surface area contributed by atoms with E-state index in [1.54, 1.807) is 24.3 Å². The molecule has 0 atom stereocenters. The van der Waals surface area contributed by atoms with E-state index in [-0.39, 0.29) is 10.7 Å². The van der Waals surface area contributed by atoms with E-state index < -0.39 is 11.8 Å². The summed E-state index contributed by atoms with van der Waals surface area (Å²) in [6.45, 7) is 0. The average molecular weight is 419 g/mol. The number of nitrogens with one attached hydrogen (secondary N) is 3. The van der Waals surface area contributed by atoms with Crippen LogP contribution >= 0.6 is 12.2 Å². The number of amides is 2. The lowest BCUT2D eigenvalue weighted by molar-refractivity contribution is 0.0934. The molecular formula is C19H21N3O6S. The molecule has 3 N–H and O–H groups in total. The maximum absolute atomic E-state index is 12.5. The van der Waals surface area contributed by atoms with Crippen LogP contribution in [0.4, 0.5) is 0 Å². The quantitative estimate of drug-likeness (QED) is 0.480. The molecule has 0 aliphatic rings. The van der Waals surface area contributed by atoms with Gasteiger partial charge in [-0.25, -0.2) is 0 Å². The predicted molar refractivity (Wildman–Crippen MR) is 110 cm³/mol. The lowest BCUT2D eigenvalue weighted by Crippen LogP contribution is -2.48. The Kier molecular flexibility index (Phi) is 7.61. The number of hydrogen-bond donors (Lipinski definition) is 3. The highest BCUT2D eigenvalue weighted by atomic mass is 32.1. The second kappa shape index (κ2) is 10.1. The van der Waals surface area contributed by atoms with Gasteiger partial charge in [0, 0.05) is 11.1 Å². The van der Waals surface area contributed by atoms with Crippen molar-refractivity contribution in [3.05, 3.63) is 47.5 Å². The Balaban J connectivity index is 1.99. The van der Waals surface area contributed by atoms with Gasteiger partial charge in [-0.3, -0.25) is 25.8 Å². The van der Waals surface area contributed by atoms with Crippen LogP contribution < -0.4 is 35.1 Å². The Morgan fingerprint density at radius 3 is 1.83 bits per heavy atom. The number of rotatable bonds is 6. The molecule has 2 aromatic carbocycles. The summed E-state index contributed by atoms with van der Waals surface area (Å²) < 4.78 is 20.7. The number of carbonyl (C=O) groups is 2. The van der Waals surface area contributed by atoms with Crippen LogP contribution in [-0.4, -0.2) is 45.4 Å². The molecular weight excluding hydrogens is 398 g/mol. The minimum absolute atomic E-state index is 0.0920. The first-order valence-corrected chi connectivity index (χ1v) is 8.70. The van der Waals surface area contributed by atoms with Gasteiger partial charge in [0.1, 0.15) is 5.75 Å². The van der Waals surface area contributed by atoms with Crippen LogP contribution in [0.2, 0.25) is 0 Å². The van der Waals surface area contributed by atoms with Crippen molar-refractivity contribution in [3.8, 4) is 23.0 Å². The number of hydrogen-bond acceptors (Lipinski definition) is 7. The third-order valence-electron chi connectivity index (χ3n) is 3.80. The summed E-state index contributed by atoms with van der Waals surface area (Å²) >= 11 is 5.04. The molecule has 2 rings (SSSR count). The Bertz CT molecular complexity index is 876. The first-order valence-electron chi connectivity index (χ1n) is 8.29. The number of thiocarbonyl (C=S) groups is 1. The van der Waals surface area contributed by atoms with Crippen molar-refractivity contribution in [2.75, 3.05) is 28.4 Å². The van der Waals surface area contributed by atoms with Crippen molar-refractivity contribution in [3.63, 3.8) is 0 Å². The Morgan fingerprint density at radius 1 is 0.759 bits per heavy atom. The van der Waals surface area contributed by atoms with Crippen LogP contribution in [0, 0.1) is 0 Å². The highest BCUT2D eigenvalue weighted by Crippen LogP contribution is 2.38. The van der Waals surface area contributed by atoms with E-state index in [4.69, 9.17) is 31.2 Å². The molecule has 9 nitrogen and oxygen atoms in total. The van der Waals surface area contributed by atoms with Gasteiger partial charge in [-0.1, -0.05) is 0 Å². The molecule has 0 aromatic heterocycles. The maximum Gasteiger partial charge on any atom is 0.269 e. The third kappa shape index (κ3) is 5.48. The van der Waals surface area contributed by atoms with Crippen molar-refractivity contribution >= 4 is 29.1 Å². The molecule has 154 valence electrons. The van der Waals surface area contributed by atoms with Crippen molar-refractivity contribution in [1.82, 2.24) is 16.2 Å². The minimum atomic E-state index is -0.527. The van der Waals surface area contributed by atoms with Gasteiger partial charge in [-0.2, -0.15) is 0 Å². The highest BCUT2D eigenvalue weighted by molar-refractivity contribution is 7.80. The Hall–Kier alpha value is -3.53. The van der Waals surface area contributed by atoms with Crippen LogP contribution in [0.1, 0.15) is 20.7 Å². The van der Waals surface area contributed by atoms with Crippen LogP contribution in [-0.2, 0) is 0 Å². The standard InChI is InChI=1S/C19H21N3O6S/c1-25-13-7-5-11(6-8-13)18(24)21-22-19(29)20-17(23)12-9-14(26-2)16(28-4)15(10-12)27-3/h5-10H,1-4H3,(H,21,24)(H2,20,22,23,29). The number of hydrazine groups is 1. The summed E-state index contributed by atoms with van der Waals surface area (Å²) in [4.78, 5) is 24.6. The Morgan fingerprint density at radius 2 is 1.34 bits per heavy atom. The van der Waals surface area contributed by atoms with Crippen LogP contribution in [0.25, 0.3) is 0 Å². The van der Waals surface area contributed by atoms with E-state index in [1.807, 2.05) is 0 Å². The van der Waals surface area contributed by atoms with E-state index in [0.717, 1.165) is 0 Å². The van der Waals surface area contributed by atoms with Gasteiger partial charge < -0.3 is 18.9 Å². The zero-order valence-electron chi connectivity index (χ0n) is 16.3. The van der Waals surface area contributed by atoms with Gasteiger partial charge >= 0.3 is 0 Å². The van der Waals surface area contributed by atoms with E-state index in [1.165, 1.54) is 40.6 Å². The Labute approximate surface area is 173 Å². The van der Waals surface area contributed by atoms with Gasteiger partial charge in [0.05, 0.1) is 28.4 Å². The van der Waals surface area contributed by atoms with Gasteiger partial charge in [0.15, 0.2) is 16.6 Å². The second-order valence-corrected chi connectivity index (χ2v) is 5.91. The molecule has 29 heavy (non-hydrogen) atoms. The van der Waals surface area contributed by atoms with E-state index in [9.17, 15) is 9.59 Å². The van der Waals surface area contributed by atoms with Gasteiger partial charge in [0.2, 0.25) is 5.75 Å². The molecule has 0 aliphatic heterocycles. The van der Waals surface area contributed by atoms with Crippen LogP contribution in [0.15, 0.2) is 36.4 Å². The first-order chi connectivity index (χ1) is 13.9. The lowest BCUT2D eigenvalue weighted by atomic mass is 10.1. The zero-order valence-corrected chi connectivity index (χ0v) is 17.1. The average Bonchev–Trinajstić information content (AvgIpc) is 2.76. The van der Waals surface area contributed by atoms with Gasteiger partial charge in [-0.15, -0.1) is 0 Å². The van der Waals surface area contributed by atoms with E-state index >= 15 is 0 Å². The molecule has 0 spiro atoms. The molecule has 2 amide bonds. The van der Waals surface area contributed by atoms with Crippen molar-refractivity contribution in [2.24, 2.45) is 0 Å². The summed E-state index contributed by atoms with van der Waals surface area (Å²) in [6, 6.07) is 9.45. The first kappa shape index (κ1) is 21.8. The summed E-state index contributed by atoms with van der Waals surface area (Å²) in [5, 5.41) is 2.36. The molecule has 0 fully saturated rings. The van der Waals surface area contributed by atoms with E-state index in [0.29, 0.717) is 28.6 Å². The van der Waals surface area contributed by atoms with Crippen LogP contribution in [0.5, 0.6) is 23.0 Å².